The molecule has 1 N–H and O–H groups in total. The van der Waals surface area contributed by atoms with E-state index in [1.807, 2.05) is 36.1 Å². The molecular weight excluding hydrogens is 320 g/mol. The van der Waals surface area contributed by atoms with E-state index in [4.69, 9.17) is 9.47 Å². The predicted molar refractivity (Wildman–Crippen MR) is 93.4 cm³/mol. The lowest BCUT2D eigenvalue weighted by atomic mass is 9.87. The number of nitrogens with zero attached hydrogens (tertiary/aromatic N) is 1. The van der Waals surface area contributed by atoms with Crippen LogP contribution in [0.5, 0.6) is 0 Å². The molecular formula is C19H26N2O4. The fourth-order valence-corrected chi connectivity index (χ4v) is 3.52. The molecule has 0 radical (unpaired) electrons. The number of piperidine rings is 1. The topological polar surface area (TPSA) is 67.9 Å². The number of carbonyl (C=O) groups excluding carboxylic acids is 2. The number of ether oxygens (including phenoxy) is 2. The van der Waals surface area contributed by atoms with Gasteiger partial charge in [-0.1, -0.05) is 17.7 Å². The zero-order valence-corrected chi connectivity index (χ0v) is 14.9. The number of hydrogen-bond acceptors (Lipinski definition) is 4. The highest BCUT2D eigenvalue weighted by Crippen LogP contribution is 2.37. The highest BCUT2D eigenvalue weighted by Gasteiger charge is 2.44. The van der Waals surface area contributed by atoms with Crippen molar-refractivity contribution in [3.63, 3.8) is 0 Å². The monoisotopic (exact) mass is 346 g/mol. The van der Waals surface area contributed by atoms with Crippen LogP contribution in [-0.4, -0.2) is 61.8 Å². The summed E-state index contributed by atoms with van der Waals surface area (Å²) in [6.45, 7) is 3.98. The Morgan fingerprint density at radius 3 is 2.60 bits per heavy atom. The largest absolute Gasteiger partial charge is 0.372 e. The van der Waals surface area contributed by atoms with Crippen molar-refractivity contribution in [3.05, 3.63) is 35.4 Å². The Morgan fingerprint density at radius 1 is 1.28 bits per heavy atom. The third-order valence-corrected chi connectivity index (χ3v) is 5.16. The second kappa shape index (κ2) is 7.54. The van der Waals surface area contributed by atoms with E-state index in [1.165, 1.54) is 0 Å². The average molecular weight is 346 g/mol. The molecule has 2 saturated heterocycles. The lowest BCUT2D eigenvalue weighted by molar-refractivity contribution is -0.127. The molecule has 1 atom stereocenters. The average Bonchev–Trinajstić information content (AvgIpc) is 3.03. The van der Waals surface area contributed by atoms with Crippen molar-refractivity contribution in [3.8, 4) is 0 Å². The summed E-state index contributed by atoms with van der Waals surface area (Å²) >= 11 is 0. The van der Waals surface area contributed by atoms with Gasteiger partial charge in [0, 0.05) is 32.1 Å². The summed E-state index contributed by atoms with van der Waals surface area (Å²) in [5, 5.41) is 2.55. The molecule has 2 fully saturated rings. The number of carbonyl (C=O) groups is 2. The first kappa shape index (κ1) is 17.9. The number of nitrogens with one attached hydrogen (secondary N) is 1. The molecule has 1 aromatic carbocycles. The molecule has 6 nitrogen and oxygen atoms in total. The van der Waals surface area contributed by atoms with Crippen LogP contribution in [0.4, 0.5) is 0 Å². The first-order valence-electron chi connectivity index (χ1n) is 8.83. The summed E-state index contributed by atoms with van der Waals surface area (Å²) in [6, 6.07) is 7.70. The van der Waals surface area contributed by atoms with E-state index in [0.29, 0.717) is 19.7 Å². The zero-order chi connectivity index (χ0) is 17.9. The molecule has 0 bridgehead atoms. The molecule has 136 valence electrons. The second-order valence-electron chi connectivity index (χ2n) is 6.96. The molecule has 2 aliphatic rings. The molecule has 2 aliphatic heterocycles. The van der Waals surface area contributed by atoms with Crippen molar-refractivity contribution in [1.29, 1.82) is 0 Å². The number of rotatable bonds is 4. The molecule has 1 spiro atoms. The Bertz CT molecular complexity index is 621. The smallest absolute Gasteiger partial charge is 0.253 e. The predicted octanol–water partition coefficient (Wildman–Crippen LogP) is 1.52. The van der Waals surface area contributed by atoms with Crippen molar-refractivity contribution >= 4 is 11.8 Å². The highest BCUT2D eigenvalue weighted by atomic mass is 16.6. The van der Waals surface area contributed by atoms with E-state index in [0.717, 1.165) is 30.4 Å². The molecule has 0 aliphatic carbocycles. The van der Waals surface area contributed by atoms with Crippen LogP contribution in [-0.2, 0) is 14.3 Å². The van der Waals surface area contributed by atoms with E-state index in [-0.39, 0.29) is 30.1 Å². The number of benzene rings is 1. The van der Waals surface area contributed by atoms with Crippen LogP contribution in [0.2, 0.25) is 0 Å². The second-order valence-corrected chi connectivity index (χ2v) is 6.96. The maximum atomic E-state index is 12.6. The molecule has 1 unspecified atom stereocenters. The number of aryl methyl sites for hydroxylation is 1. The van der Waals surface area contributed by atoms with Gasteiger partial charge in [0.2, 0.25) is 5.91 Å². The first-order chi connectivity index (χ1) is 12.0. The van der Waals surface area contributed by atoms with Crippen LogP contribution < -0.4 is 5.32 Å². The van der Waals surface area contributed by atoms with Crippen molar-refractivity contribution in [1.82, 2.24) is 10.2 Å². The van der Waals surface area contributed by atoms with Crippen molar-refractivity contribution in [2.24, 2.45) is 0 Å². The summed E-state index contributed by atoms with van der Waals surface area (Å²) in [5.41, 5.74) is 1.68. The minimum atomic E-state index is -0.211. The minimum absolute atomic E-state index is 0.0448. The van der Waals surface area contributed by atoms with Gasteiger partial charge < -0.3 is 19.7 Å². The number of amides is 2. The third kappa shape index (κ3) is 4.19. The molecule has 3 rings (SSSR count). The Kier molecular flexibility index (Phi) is 5.39. The molecule has 25 heavy (non-hydrogen) atoms. The fourth-order valence-electron chi connectivity index (χ4n) is 3.52. The van der Waals surface area contributed by atoms with Gasteiger partial charge in [0.15, 0.2) is 0 Å². The van der Waals surface area contributed by atoms with Gasteiger partial charge in [-0.25, -0.2) is 0 Å². The maximum Gasteiger partial charge on any atom is 0.253 e. The van der Waals surface area contributed by atoms with E-state index in [9.17, 15) is 9.59 Å². The van der Waals surface area contributed by atoms with Gasteiger partial charge in [-0.3, -0.25) is 9.59 Å². The van der Waals surface area contributed by atoms with Crippen LogP contribution in [0.3, 0.4) is 0 Å². The van der Waals surface area contributed by atoms with Gasteiger partial charge >= 0.3 is 0 Å². The normalized spacial score (nSPS) is 22.2. The van der Waals surface area contributed by atoms with E-state index >= 15 is 0 Å². The molecule has 0 aromatic heterocycles. The van der Waals surface area contributed by atoms with Crippen LogP contribution >= 0.6 is 0 Å². The van der Waals surface area contributed by atoms with Gasteiger partial charge in [0.05, 0.1) is 18.3 Å². The third-order valence-electron chi connectivity index (χ3n) is 5.16. The standard InChI is InChI=1S/C19H26N2O4/c1-14-3-5-15(6-4-14)18(23)21-9-7-19(8-10-21)11-16(12-25-19)24-13-17(22)20-2/h3-6,16H,7-13H2,1-2H3,(H,20,22). The van der Waals surface area contributed by atoms with Gasteiger partial charge in [-0.2, -0.15) is 0 Å². The summed E-state index contributed by atoms with van der Waals surface area (Å²) in [7, 11) is 1.60. The summed E-state index contributed by atoms with van der Waals surface area (Å²) in [5.74, 6) is -0.0419. The number of likely N-dealkylation sites (tertiary alicyclic amines) is 1. The first-order valence-corrected chi connectivity index (χ1v) is 8.83. The van der Waals surface area contributed by atoms with E-state index < -0.39 is 0 Å². The fraction of sp³-hybridized carbons (Fsp3) is 0.579. The molecule has 2 heterocycles. The summed E-state index contributed by atoms with van der Waals surface area (Å²) in [4.78, 5) is 25.8. The Hall–Kier alpha value is -1.92. The summed E-state index contributed by atoms with van der Waals surface area (Å²) in [6.07, 6.45) is 2.36. The van der Waals surface area contributed by atoms with Gasteiger partial charge in [-0.05, 0) is 31.9 Å². The van der Waals surface area contributed by atoms with Crippen molar-refractivity contribution in [2.75, 3.05) is 33.4 Å². The van der Waals surface area contributed by atoms with Gasteiger partial charge in [0.25, 0.3) is 5.91 Å². The number of hydrogen-bond donors (Lipinski definition) is 1. The Balaban J connectivity index is 1.51. The Labute approximate surface area is 148 Å². The maximum absolute atomic E-state index is 12.6. The van der Waals surface area contributed by atoms with Crippen LogP contribution in [0, 0.1) is 6.92 Å². The SMILES string of the molecule is CNC(=O)COC1COC2(CCN(C(=O)c3ccc(C)cc3)CC2)C1. The zero-order valence-electron chi connectivity index (χ0n) is 14.9. The van der Waals surface area contributed by atoms with Gasteiger partial charge in [-0.15, -0.1) is 0 Å². The van der Waals surface area contributed by atoms with Crippen LogP contribution in [0.15, 0.2) is 24.3 Å². The number of likely N-dealkylation sites (N-methyl/N-ethyl adjacent to an activating group) is 1. The lowest BCUT2D eigenvalue weighted by Gasteiger charge is -2.38. The van der Waals surface area contributed by atoms with Crippen LogP contribution in [0.1, 0.15) is 35.2 Å². The lowest BCUT2D eigenvalue weighted by Crippen LogP contribution is -2.46. The Morgan fingerprint density at radius 2 is 1.96 bits per heavy atom. The molecule has 6 heteroatoms. The van der Waals surface area contributed by atoms with E-state index in [2.05, 4.69) is 5.32 Å². The molecule has 2 amide bonds. The summed E-state index contributed by atoms with van der Waals surface area (Å²) < 4.78 is 11.6. The van der Waals surface area contributed by atoms with Crippen molar-refractivity contribution in [2.45, 2.75) is 37.9 Å². The molecule has 1 aromatic rings. The molecule has 0 saturated carbocycles. The van der Waals surface area contributed by atoms with E-state index in [1.54, 1.807) is 7.05 Å². The van der Waals surface area contributed by atoms with Gasteiger partial charge in [0.1, 0.15) is 6.61 Å². The highest BCUT2D eigenvalue weighted by molar-refractivity contribution is 5.94. The minimum Gasteiger partial charge on any atom is -0.372 e. The van der Waals surface area contributed by atoms with Crippen LogP contribution in [0.25, 0.3) is 0 Å². The quantitative estimate of drug-likeness (QED) is 0.898. The van der Waals surface area contributed by atoms with Crippen molar-refractivity contribution < 1.29 is 19.1 Å².